The average molecular weight is 251 g/mol. The van der Waals surface area contributed by atoms with E-state index in [-0.39, 0.29) is 11.3 Å². The number of carbonyl (C=O) groups excluding carboxylic acids is 1. The zero-order valence-corrected chi connectivity index (χ0v) is 11.4. The van der Waals surface area contributed by atoms with Gasteiger partial charge < -0.3 is 14.8 Å². The molecule has 0 bridgehead atoms. The van der Waals surface area contributed by atoms with Crippen molar-refractivity contribution < 1.29 is 14.3 Å². The Morgan fingerprint density at radius 3 is 2.61 bits per heavy atom. The molecule has 0 unspecified atom stereocenters. The highest BCUT2D eigenvalue weighted by atomic mass is 16.7. The summed E-state index contributed by atoms with van der Waals surface area (Å²) in [6, 6.07) is 0. The summed E-state index contributed by atoms with van der Waals surface area (Å²) in [4.78, 5) is 11.6. The smallest absolute Gasteiger partial charge is 0.277 e. The minimum atomic E-state index is -0.854. The maximum Gasteiger partial charge on any atom is 0.277 e. The topological polar surface area (TPSA) is 47.6 Å². The fourth-order valence-electron chi connectivity index (χ4n) is 1.55. The molecule has 4 nitrogen and oxygen atoms in total. The van der Waals surface area contributed by atoms with Crippen LogP contribution in [0, 0.1) is 5.41 Å². The minimum absolute atomic E-state index is 0.0455. The van der Waals surface area contributed by atoms with E-state index in [4.69, 9.17) is 9.47 Å². The highest BCUT2D eigenvalue weighted by molar-refractivity contribution is 5.79. The molecule has 0 radical (unpaired) electrons. The fourth-order valence-corrected chi connectivity index (χ4v) is 1.55. The molecule has 0 saturated carbocycles. The first-order valence-corrected chi connectivity index (χ1v) is 5.89. The highest BCUT2D eigenvalue weighted by Gasteiger charge is 2.16. The summed E-state index contributed by atoms with van der Waals surface area (Å²) in [6.45, 7) is 4.71. The summed E-state index contributed by atoms with van der Waals surface area (Å²) in [5, 5.41) is 2.77. The number of methoxy groups -OCH3 is 2. The zero-order chi connectivity index (χ0) is 13.6. The van der Waals surface area contributed by atoms with Gasteiger partial charge in [-0.2, -0.15) is 0 Å². The second-order valence-corrected chi connectivity index (χ2v) is 4.78. The van der Waals surface area contributed by atoms with Gasteiger partial charge >= 0.3 is 0 Å². The summed E-state index contributed by atoms with van der Waals surface area (Å²) in [6.07, 6.45) is 9.39. The van der Waals surface area contributed by atoms with Crippen LogP contribution in [0.3, 0.4) is 0 Å². The van der Waals surface area contributed by atoms with Crippen molar-refractivity contribution in [1.29, 1.82) is 0 Å². The molecule has 1 aliphatic rings. The van der Waals surface area contributed by atoms with Crippen molar-refractivity contribution in [3.05, 3.63) is 36.0 Å². The number of hydrogen-bond donors (Lipinski definition) is 1. The van der Waals surface area contributed by atoms with Crippen molar-refractivity contribution >= 4 is 5.91 Å². The van der Waals surface area contributed by atoms with E-state index >= 15 is 0 Å². The van der Waals surface area contributed by atoms with E-state index in [9.17, 15) is 4.79 Å². The van der Waals surface area contributed by atoms with Crippen LogP contribution in [0.4, 0.5) is 0 Å². The van der Waals surface area contributed by atoms with E-state index < -0.39 is 6.29 Å². The molecule has 1 aliphatic carbocycles. The first kappa shape index (κ1) is 14.7. The van der Waals surface area contributed by atoms with Gasteiger partial charge in [-0.05, 0) is 5.57 Å². The quantitative estimate of drug-likeness (QED) is 0.758. The maximum atomic E-state index is 11.6. The lowest BCUT2D eigenvalue weighted by Crippen LogP contribution is -2.37. The van der Waals surface area contributed by atoms with Gasteiger partial charge in [-0.25, -0.2) is 0 Å². The molecular weight excluding hydrogens is 230 g/mol. The maximum absolute atomic E-state index is 11.6. The predicted octanol–water partition coefficient (Wildman–Crippen LogP) is 1.80. The van der Waals surface area contributed by atoms with Crippen molar-refractivity contribution in [2.75, 3.05) is 20.8 Å². The molecule has 1 N–H and O–H groups in total. The number of nitrogens with one attached hydrogen (secondary N) is 1. The van der Waals surface area contributed by atoms with Crippen LogP contribution in [-0.4, -0.2) is 33.0 Å². The van der Waals surface area contributed by atoms with Crippen LogP contribution >= 0.6 is 0 Å². The lowest BCUT2D eigenvalue weighted by molar-refractivity contribution is -0.158. The van der Waals surface area contributed by atoms with E-state index in [1.807, 2.05) is 18.2 Å². The third-order valence-electron chi connectivity index (χ3n) is 2.67. The Morgan fingerprint density at radius 1 is 1.33 bits per heavy atom. The molecule has 0 heterocycles. The predicted molar refractivity (Wildman–Crippen MR) is 71.0 cm³/mol. The summed E-state index contributed by atoms with van der Waals surface area (Å²) in [5.74, 6) is -0.276. The molecule has 18 heavy (non-hydrogen) atoms. The molecule has 0 saturated heterocycles. The molecule has 0 fully saturated rings. The molecule has 0 aliphatic heterocycles. The molecule has 4 heteroatoms. The minimum Gasteiger partial charge on any atom is -0.348 e. The third kappa shape index (κ3) is 4.47. The lowest BCUT2D eigenvalue weighted by Gasteiger charge is -2.14. The number of allylic oxidation sites excluding steroid dienone is 4. The van der Waals surface area contributed by atoms with Crippen LogP contribution in [0.1, 0.15) is 13.8 Å². The van der Waals surface area contributed by atoms with E-state index in [2.05, 4.69) is 31.3 Å². The lowest BCUT2D eigenvalue weighted by atomic mass is 9.93. The van der Waals surface area contributed by atoms with Crippen LogP contribution in [0.5, 0.6) is 0 Å². The highest BCUT2D eigenvalue weighted by Crippen LogP contribution is 2.22. The molecule has 0 aromatic carbocycles. The van der Waals surface area contributed by atoms with Crippen LogP contribution in [0.15, 0.2) is 36.0 Å². The summed E-state index contributed by atoms with van der Waals surface area (Å²) >= 11 is 0. The van der Waals surface area contributed by atoms with E-state index in [0.717, 1.165) is 5.57 Å². The summed E-state index contributed by atoms with van der Waals surface area (Å²) in [7, 11) is 2.87. The van der Waals surface area contributed by atoms with Gasteiger partial charge in [-0.15, -0.1) is 0 Å². The van der Waals surface area contributed by atoms with E-state index in [1.54, 1.807) is 0 Å². The Balaban J connectivity index is 2.53. The average Bonchev–Trinajstić information content (AvgIpc) is 2.49. The van der Waals surface area contributed by atoms with Gasteiger partial charge in [0.1, 0.15) is 0 Å². The Bertz CT molecular complexity index is 377. The van der Waals surface area contributed by atoms with Crippen molar-refractivity contribution in [3.8, 4) is 0 Å². The SMILES string of the molecule is COC(OC)C(=O)NCC1=CC=CC(C)(C)C=C1. The van der Waals surface area contributed by atoms with Gasteiger partial charge in [0.15, 0.2) is 0 Å². The van der Waals surface area contributed by atoms with Crippen molar-refractivity contribution in [2.45, 2.75) is 20.1 Å². The molecular formula is C14H21NO3. The van der Waals surface area contributed by atoms with E-state index in [1.165, 1.54) is 14.2 Å². The second kappa shape index (κ2) is 6.52. The van der Waals surface area contributed by atoms with Crippen LogP contribution in [0.25, 0.3) is 0 Å². The standard InChI is InChI=1S/C14H21NO3/c1-14(2)8-5-6-11(7-9-14)10-15-12(16)13(17-3)18-4/h5-9,13H,10H2,1-4H3,(H,15,16). The van der Waals surface area contributed by atoms with Gasteiger partial charge in [0.05, 0.1) is 0 Å². The van der Waals surface area contributed by atoms with Gasteiger partial charge in [-0.1, -0.05) is 44.2 Å². The normalized spacial score (nSPS) is 17.5. The van der Waals surface area contributed by atoms with Crippen molar-refractivity contribution in [1.82, 2.24) is 5.32 Å². The summed E-state index contributed by atoms with van der Waals surface area (Å²) < 4.78 is 9.75. The number of amides is 1. The molecule has 0 spiro atoms. The Kier molecular flexibility index (Phi) is 5.31. The van der Waals surface area contributed by atoms with E-state index in [0.29, 0.717) is 6.54 Å². The number of hydrogen-bond acceptors (Lipinski definition) is 3. The van der Waals surface area contributed by atoms with Crippen LogP contribution in [0.2, 0.25) is 0 Å². The van der Waals surface area contributed by atoms with Crippen molar-refractivity contribution in [3.63, 3.8) is 0 Å². The number of carbonyl (C=O) groups is 1. The Hall–Kier alpha value is -1.39. The van der Waals surface area contributed by atoms with Crippen LogP contribution < -0.4 is 5.32 Å². The number of ether oxygens (including phenoxy) is 2. The second-order valence-electron chi connectivity index (χ2n) is 4.78. The molecule has 100 valence electrons. The fraction of sp³-hybridized carbons (Fsp3) is 0.500. The first-order valence-electron chi connectivity index (χ1n) is 5.89. The third-order valence-corrected chi connectivity index (χ3v) is 2.67. The number of rotatable bonds is 5. The van der Waals surface area contributed by atoms with Crippen molar-refractivity contribution in [2.24, 2.45) is 5.41 Å². The van der Waals surface area contributed by atoms with Crippen LogP contribution in [-0.2, 0) is 14.3 Å². The largest absolute Gasteiger partial charge is 0.348 e. The van der Waals surface area contributed by atoms with Gasteiger partial charge in [0.25, 0.3) is 5.91 Å². The molecule has 1 amide bonds. The van der Waals surface area contributed by atoms with Gasteiger partial charge in [-0.3, -0.25) is 4.79 Å². The molecule has 0 aromatic heterocycles. The van der Waals surface area contributed by atoms with Gasteiger partial charge in [0, 0.05) is 26.2 Å². The zero-order valence-electron chi connectivity index (χ0n) is 11.4. The first-order chi connectivity index (χ1) is 8.48. The molecule has 1 rings (SSSR count). The monoisotopic (exact) mass is 251 g/mol. The Labute approximate surface area is 108 Å². The van der Waals surface area contributed by atoms with Gasteiger partial charge in [0.2, 0.25) is 6.29 Å². The Morgan fingerprint density at radius 2 is 2.00 bits per heavy atom. The molecule has 0 atom stereocenters. The molecule has 0 aromatic rings. The summed E-state index contributed by atoms with van der Waals surface area (Å²) in [5.41, 5.74) is 1.08.